The molecule has 2 aromatic rings. The van der Waals surface area contributed by atoms with Crippen LogP contribution in [0.5, 0.6) is 0 Å². The van der Waals surface area contributed by atoms with Crippen LogP contribution in [0.1, 0.15) is 18.1 Å². The van der Waals surface area contributed by atoms with E-state index in [0.29, 0.717) is 0 Å². The zero-order chi connectivity index (χ0) is 24.2. The maximum atomic E-state index is 13.4. The Balaban J connectivity index is 2.47. The Morgan fingerprint density at radius 1 is 1.06 bits per heavy atom. The number of amides is 2. The van der Waals surface area contributed by atoms with Crippen LogP contribution in [0.3, 0.4) is 0 Å². The summed E-state index contributed by atoms with van der Waals surface area (Å²) < 4.78 is 26.0. The quantitative estimate of drug-likeness (QED) is 0.535. The minimum absolute atomic E-state index is 0.0142. The van der Waals surface area contributed by atoms with Crippen LogP contribution in [0.2, 0.25) is 15.1 Å². The summed E-state index contributed by atoms with van der Waals surface area (Å²) in [6, 6.07) is 9.17. The number of anilines is 1. The standard InChI is InChI=1S/C21H24Cl3N3O4S/c1-13-7-5-6-8-15(13)11-26(14(2)21(29)25-3)20(28)12-27(32(4,30)31)19-10-17(23)16(22)9-18(19)24/h5-10,14H,11-12H2,1-4H3,(H,25,29)/t14-/m0/s1. The van der Waals surface area contributed by atoms with Crippen LogP contribution in [0, 0.1) is 6.92 Å². The second kappa shape index (κ2) is 10.7. The van der Waals surface area contributed by atoms with E-state index in [4.69, 9.17) is 34.8 Å². The predicted octanol–water partition coefficient (Wildman–Crippen LogP) is 3.88. The Morgan fingerprint density at radius 2 is 1.66 bits per heavy atom. The average Bonchev–Trinajstić information content (AvgIpc) is 2.72. The highest BCUT2D eigenvalue weighted by Gasteiger charge is 2.31. The third-order valence-electron chi connectivity index (χ3n) is 4.95. The number of hydrogen-bond acceptors (Lipinski definition) is 4. The number of nitrogens with one attached hydrogen (secondary N) is 1. The summed E-state index contributed by atoms with van der Waals surface area (Å²) in [7, 11) is -2.47. The lowest BCUT2D eigenvalue weighted by molar-refractivity contribution is -0.139. The van der Waals surface area contributed by atoms with E-state index in [0.717, 1.165) is 21.7 Å². The van der Waals surface area contributed by atoms with Crippen molar-refractivity contribution < 1.29 is 18.0 Å². The summed E-state index contributed by atoms with van der Waals surface area (Å²) in [5.74, 6) is -0.970. The summed E-state index contributed by atoms with van der Waals surface area (Å²) >= 11 is 18.2. The molecule has 0 unspecified atom stereocenters. The molecule has 0 spiro atoms. The van der Waals surface area contributed by atoms with Crippen LogP contribution in [0.25, 0.3) is 0 Å². The fourth-order valence-electron chi connectivity index (χ4n) is 3.06. The van der Waals surface area contributed by atoms with Gasteiger partial charge in [0.15, 0.2) is 0 Å². The Morgan fingerprint density at radius 3 is 2.22 bits per heavy atom. The van der Waals surface area contributed by atoms with E-state index in [-0.39, 0.29) is 33.2 Å². The average molecular weight is 521 g/mol. The molecule has 0 saturated carbocycles. The SMILES string of the molecule is CNC(=O)[C@H](C)N(Cc1ccccc1C)C(=O)CN(c1cc(Cl)c(Cl)cc1Cl)S(C)(=O)=O. The maximum absolute atomic E-state index is 13.4. The molecule has 174 valence electrons. The molecule has 0 radical (unpaired) electrons. The minimum atomic E-state index is -3.93. The van der Waals surface area contributed by atoms with Crippen molar-refractivity contribution in [1.29, 1.82) is 0 Å². The lowest BCUT2D eigenvalue weighted by atomic mass is 10.1. The van der Waals surface area contributed by atoms with Gasteiger partial charge >= 0.3 is 0 Å². The molecule has 0 heterocycles. The van der Waals surface area contributed by atoms with Gasteiger partial charge in [-0.15, -0.1) is 0 Å². The number of halogens is 3. The Kier molecular flexibility index (Phi) is 8.82. The molecule has 0 aliphatic heterocycles. The van der Waals surface area contributed by atoms with Crippen molar-refractivity contribution in [2.24, 2.45) is 0 Å². The molecule has 0 fully saturated rings. The lowest BCUT2D eigenvalue weighted by Gasteiger charge is -2.31. The van der Waals surface area contributed by atoms with Crippen molar-refractivity contribution in [3.05, 3.63) is 62.6 Å². The van der Waals surface area contributed by atoms with Gasteiger partial charge in [0.1, 0.15) is 12.6 Å². The Labute approximate surface area is 203 Å². The summed E-state index contributed by atoms with van der Waals surface area (Å²) in [6.07, 6.45) is 0.951. The number of rotatable bonds is 8. The molecule has 1 atom stereocenters. The second-order valence-electron chi connectivity index (χ2n) is 7.23. The Hall–Kier alpha value is -2.00. The van der Waals surface area contributed by atoms with E-state index >= 15 is 0 Å². The van der Waals surface area contributed by atoms with Crippen molar-refractivity contribution in [1.82, 2.24) is 10.2 Å². The highest BCUT2D eigenvalue weighted by atomic mass is 35.5. The highest BCUT2D eigenvalue weighted by Crippen LogP contribution is 2.35. The van der Waals surface area contributed by atoms with Gasteiger partial charge in [0, 0.05) is 13.6 Å². The molecule has 0 aromatic heterocycles. The van der Waals surface area contributed by atoms with E-state index in [1.807, 2.05) is 31.2 Å². The van der Waals surface area contributed by atoms with Gasteiger partial charge in [0.05, 0.1) is 27.0 Å². The van der Waals surface area contributed by atoms with E-state index in [2.05, 4.69) is 5.32 Å². The number of carbonyl (C=O) groups excluding carboxylic acids is 2. The molecule has 0 bridgehead atoms. The highest BCUT2D eigenvalue weighted by molar-refractivity contribution is 7.92. The fraction of sp³-hybridized carbons (Fsp3) is 0.333. The van der Waals surface area contributed by atoms with Crippen molar-refractivity contribution in [2.45, 2.75) is 26.4 Å². The van der Waals surface area contributed by atoms with Crippen LogP contribution >= 0.6 is 34.8 Å². The van der Waals surface area contributed by atoms with Gasteiger partial charge in [0.2, 0.25) is 21.8 Å². The summed E-state index contributed by atoms with van der Waals surface area (Å²) in [5, 5.41) is 2.77. The monoisotopic (exact) mass is 519 g/mol. The minimum Gasteiger partial charge on any atom is -0.357 e. The lowest BCUT2D eigenvalue weighted by Crippen LogP contribution is -2.50. The molecule has 2 amide bonds. The predicted molar refractivity (Wildman–Crippen MR) is 129 cm³/mol. The molecule has 2 rings (SSSR count). The smallest absolute Gasteiger partial charge is 0.244 e. The molecule has 0 aliphatic rings. The number of carbonyl (C=O) groups is 2. The molecule has 32 heavy (non-hydrogen) atoms. The molecule has 11 heteroatoms. The fourth-order valence-corrected chi connectivity index (χ4v) is 4.61. The number of sulfonamides is 1. The van der Waals surface area contributed by atoms with Gasteiger partial charge in [0.25, 0.3) is 0 Å². The van der Waals surface area contributed by atoms with Crippen LogP contribution < -0.4 is 9.62 Å². The Bertz CT molecular complexity index is 1130. The topological polar surface area (TPSA) is 86.8 Å². The van der Waals surface area contributed by atoms with Gasteiger partial charge in [-0.1, -0.05) is 59.1 Å². The van der Waals surface area contributed by atoms with Crippen molar-refractivity contribution in [2.75, 3.05) is 24.2 Å². The van der Waals surface area contributed by atoms with Gasteiger partial charge in [-0.05, 0) is 37.1 Å². The van der Waals surface area contributed by atoms with Crippen molar-refractivity contribution >= 4 is 62.3 Å². The molecule has 0 saturated heterocycles. The number of hydrogen-bond donors (Lipinski definition) is 1. The van der Waals surface area contributed by atoms with Crippen LogP contribution in [0.4, 0.5) is 5.69 Å². The summed E-state index contributed by atoms with van der Waals surface area (Å²) in [6.45, 7) is 3.00. The van der Waals surface area contributed by atoms with Gasteiger partial charge in [-0.2, -0.15) is 0 Å². The van der Waals surface area contributed by atoms with Crippen LogP contribution in [0.15, 0.2) is 36.4 Å². The summed E-state index contributed by atoms with van der Waals surface area (Å²) in [4.78, 5) is 27.0. The molecule has 2 aromatic carbocycles. The van der Waals surface area contributed by atoms with E-state index < -0.39 is 28.5 Å². The molecular formula is C21H24Cl3N3O4S. The normalized spacial score (nSPS) is 12.2. The molecule has 7 nitrogen and oxygen atoms in total. The summed E-state index contributed by atoms with van der Waals surface area (Å²) in [5.41, 5.74) is 1.78. The second-order valence-corrected chi connectivity index (χ2v) is 10.4. The zero-order valence-electron chi connectivity index (χ0n) is 18.0. The molecule has 0 aliphatic carbocycles. The number of benzene rings is 2. The van der Waals surface area contributed by atoms with Crippen LogP contribution in [-0.4, -0.2) is 51.0 Å². The van der Waals surface area contributed by atoms with Gasteiger partial charge < -0.3 is 10.2 Å². The third-order valence-corrected chi connectivity index (χ3v) is 7.10. The maximum Gasteiger partial charge on any atom is 0.244 e. The first-order chi connectivity index (χ1) is 14.9. The van der Waals surface area contributed by atoms with E-state index in [1.54, 1.807) is 6.92 Å². The number of aryl methyl sites for hydroxylation is 1. The zero-order valence-corrected chi connectivity index (χ0v) is 21.1. The van der Waals surface area contributed by atoms with Gasteiger partial charge in [-0.25, -0.2) is 8.42 Å². The van der Waals surface area contributed by atoms with E-state index in [1.165, 1.54) is 24.1 Å². The first-order valence-corrected chi connectivity index (χ1v) is 12.5. The first kappa shape index (κ1) is 26.3. The van der Waals surface area contributed by atoms with Crippen LogP contribution in [-0.2, 0) is 26.2 Å². The van der Waals surface area contributed by atoms with Gasteiger partial charge in [-0.3, -0.25) is 13.9 Å². The van der Waals surface area contributed by atoms with Crippen molar-refractivity contribution in [3.8, 4) is 0 Å². The largest absolute Gasteiger partial charge is 0.357 e. The third kappa shape index (κ3) is 6.28. The number of likely N-dealkylation sites (N-methyl/N-ethyl adjacent to an activating group) is 1. The van der Waals surface area contributed by atoms with Crippen molar-refractivity contribution in [3.63, 3.8) is 0 Å². The molecule has 1 N–H and O–H groups in total. The molecular weight excluding hydrogens is 497 g/mol. The van der Waals surface area contributed by atoms with E-state index in [9.17, 15) is 18.0 Å². The first-order valence-electron chi connectivity index (χ1n) is 9.54. The number of nitrogens with zero attached hydrogens (tertiary/aromatic N) is 2.